The molecule has 0 amide bonds. The van der Waals surface area contributed by atoms with Gasteiger partial charge in [-0.15, -0.1) is 23.2 Å². The molecule has 66 valence electrons. The Labute approximate surface area is 72.8 Å². The average Bonchev–Trinajstić information content (AvgIpc) is 1.88. The Bertz CT molecular complexity index is 151. The number of alkyl halides is 4. The van der Waals surface area contributed by atoms with E-state index in [9.17, 15) is 8.78 Å². The standard InChI is InChI=1S/C5H7Cl2F2NO/c1-2(4(6)7)3(10-11)5(8)9/h2,4-5,11H,1H3. The minimum Gasteiger partial charge on any atom is -0.411 e. The molecule has 2 nitrogen and oxygen atoms in total. The largest absolute Gasteiger partial charge is 0.411 e. The third kappa shape index (κ3) is 3.20. The summed E-state index contributed by atoms with van der Waals surface area (Å²) in [4.78, 5) is -0.991. The van der Waals surface area contributed by atoms with E-state index in [1.54, 1.807) is 0 Å². The van der Waals surface area contributed by atoms with Crippen molar-refractivity contribution in [1.82, 2.24) is 0 Å². The minimum absolute atomic E-state index is 0.694. The van der Waals surface area contributed by atoms with Gasteiger partial charge in [0.15, 0.2) is 0 Å². The molecule has 0 rings (SSSR count). The van der Waals surface area contributed by atoms with Crippen LogP contribution in [0, 0.1) is 5.92 Å². The number of rotatable bonds is 3. The molecule has 0 saturated carbocycles. The fourth-order valence-electron chi connectivity index (χ4n) is 0.463. The van der Waals surface area contributed by atoms with Crippen LogP contribution in [-0.2, 0) is 0 Å². The van der Waals surface area contributed by atoms with Crippen LogP contribution in [0.2, 0.25) is 0 Å². The summed E-state index contributed by atoms with van der Waals surface area (Å²) in [5, 5.41) is 10.5. The summed E-state index contributed by atoms with van der Waals surface area (Å²) in [6.07, 6.45) is -2.82. The van der Waals surface area contributed by atoms with E-state index in [-0.39, 0.29) is 0 Å². The Morgan fingerprint density at radius 3 is 2.00 bits per heavy atom. The predicted molar refractivity (Wildman–Crippen MR) is 39.9 cm³/mol. The molecule has 0 aromatic heterocycles. The summed E-state index contributed by atoms with van der Waals surface area (Å²) in [5.74, 6) is -0.844. The van der Waals surface area contributed by atoms with Gasteiger partial charge in [-0.1, -0.05) is 12.1 Å². The third-order valence-corrected chi connectivity index (χ3v) is 1.94. The maximum atomic E-state index is 11.9. The number of hydrogen-bond acceptors (Lipinski definition) is 2. The van der Waals surface area contributed by atoms with Crippen molar-refractivity contribution < 1.29 is 14.0 Å². The molecule has 1 N–H and O–H groups in total. The molecule has 0 spiro atoms. The van der Waals surface area contributed by atoms with Crippen molar-refractivity contribution in [1.29, 1.82) is 0 Å². The van der Waals surface area contributed by atoms with Gasteiger partial charge in [0.1, 0.15) is 10.5 Å². The first-order chi connectivity index (χ1) is 5.00. The van der Waals surface area contributed by atoms with Crippen LogP contribution in [0.4, 0.5) is 8.78 Å². The maximum Gasteiger partial charge on any atom is 0.280 e. The van der Waals surface area contributed by atoms with Crippen molar-refractivity contribution in [2.75, 3.05) is 0 Å². The molecule has 6 heteroatoms. The number of hydrogen-bond donors (Lipinski definition) is 1. The maximum absolute atomic E-state index is 11.9. The molecule has 0 fully saturated rings. The monoisotopic (exact) mass is 205 g/mol. The van der Waals surface area contributed by atoms with E-state index in [1.165, 1.54) is 6.92 Å². The van der Waals surface area contributed by atoms with Crippen LogP contribution in [0.1, 0.15) is 6.92 Å². The predicted octanol–water partition coefficient (Wildman–Crippen LogP) is 2.52. The van der Waals surface area contributed by atoms with Gasteiger partial charge in [0.05, 0.1) is 0 Å². The highest BCUT2D eigenvalue weighted by molar-refractivity contribution is 6.45. The van der Waals surface area contributed by atoms with Crippen molar-refractivity contribution in [2.45, 2.75) is 18.2 Å². The molecule has 0 aromatic carbocycles. The minimum atomic E-state index is -2.82. The van der Waals surface area contributed by atoms with Crippen molar-refractivity contribution in [3.8, 4) is 0 Å². The second-order valence-electron chi connectivity index (χ2n) is 1.95. The molecule has 0 aromatic rings. The molecule has 0 bridgehead atoms. The van der Waals surface area contributed by atoms with E-state index >= 15 is 0 Å². The third-order valence-electron chi connectivity index (χ3n) is 1.18. The first-order valence-electron chi connectivity index (χ1n) is 2.78. The number of nitrogens with zero attached hydrogens (tertiary/aromatic N) is 1. The van der Waals surface area contributed by atoms with Crippen LogP contribution >= 0.6 is 23.2 Å². The Kier molecular flexibility index (Phi) is 4.68. The Balaban J connectivity index is 4.28. The highest BCUT2D eigenvalue weighted by Gasteiger charge is 2.25. The summed E-state index contributed by atoms with van der Waals surface area (Å²) < 4.78 is 23.8. The molecule has 1 unspecified atom stereocenters. The molecular weight excluding hydrogens is 199 g/mol. The lowest BCUT2D eigenvalue weighted by atomic mass is 10.1. The van der Waals surface area contributed by atoms with Gasteiger partial charge in [-0.25, -0.2) is 8.78 Å². The van der Waals surface area contributed by atoms with Gasteiger partial charge in [-0.2, -0.15) is 0 Å². The molecule has 0 aliphatic heterocycles. The average molecular weight is 206 g/mol. The SMILES string of the molecule is CC(C(=NO)C(F)F)C(Cl)Cl. The lowest BCUT2D eigenvalue weighted by Gasteiger charge is -2.12. The van der Waals surface area contributed by atoms with Crippen LogP contribution in [0.25, 0.3) is 0 Å². The van der Waals surface area contributed by atoms with Crippen LogP contribution in [-0.4, -0.2) is 22.2 Å². The molecule has 11 heavy (non-hydrogen) atoms. The van der Waals surface area contributed by atoms with Crippen molar-refractivity contribution >= 4 is 28.9 Å². The normalized spacial score (nSPS) is 16.1. The van der Waals surface area contributed by atoms with E-state index in [0.717, 1.165) is 0 Å². The van der Waals surface area contributed by atoms with Gasteiger partial charge in [-0.3, -0.25) is 0 Å². The van der Waals surface area contributed by atoms with Crippen molar-refractivity contribution in [3.63, 3.8) is 0 Å². The van der Waals surface area contributed by atoms with E-state index < -0.39 is 22.9 Å². The van der Waals surface area contributed by atoms with Gasteiger partial charge in [0.25, 0.3) is 6.43 Å². The highest BCUT2D eigenvalue weighted by Crippen LogP contribution is 2.19. The zero-order valence-electron chi connectivity index (χ0n) is 5.64. The quantitative estimate of drug-likeness (QED) is 0.327. The van der Waals surface area contributed by atoms with Gasteiger partial charge in [0.2, 0.25) is 0 Å². The van der Waals surface area contributed by atoms with E-state index in [1.807, 2.05) is 0 Å². The van der Waals surface area contributed by atoms with Gasteiger partial charge in [0, 0.05) is 5.92 Å². The van der Waals surface area contributed by atoms with E-state index in [0.29, 0.717) is 0 Å². The Hall–Kier alpha value is -0.0900. The van der Waals surface area contributed by atoms with Gasteiger partial charge < -0.3 is 5.21 Å². The van der Waals surface area contributed by atoms with E-state index in [2.05, 4.69) is 5.16 Å². The molecule has 0 radical (unpaired) electrons. The van der Waals surface area contributed by atoms with Gasteiger partial charge in [-0.05, 0) is 0 Å². The molecule has 0 saturated heterocycles. The Morgan fingerprint density at radius 2 is 1.91 bits per heavy atom. The first-order valence-corrected chi connectivity index (χ1v) is 3.66. The second kappa shape index (κ2) is 4.72. The molecule has 0 aliphatic carbocycles. The van der Waals surface area contributed by atoms with Crippen molar-refractivity contribution in [2.24, 2.45) is 11.1 Å². The molecule has 0 aliphatic rings. The summed E-state index contributed by atoms with van der Waals surface area (Å²) in [5.41, 5.74) is -0.694. The Morgan fingerprint density at radius 1 is 1.45 bits per heavy atom. The molecular formula is C5H7Cl2F2NO. The fraction of sp³-hybridized carbons (Fsp3) is 0.800. The van der Waals surface area contributed by atoms with Gasteiger partial charge >= 0.3 is 0 Å². The molecule has 0 heterocycles. The zero-order chi connectivity index (χ0) is 9.02. The summed E-state index contributed by atoms with van der Waals surface area (Å²) in [6, 6.07) is 0. The number of halogens is 4. The first kappa shape index (κ1) is 10.9. The topological polar surface area (TPSA) is 32.6 Å². The lowest BCUT2D eigenvalue weighted by molar-refractivity contribution is 0.206. The summed E-state index contributed by atoms with van der Waals surface area (Å²) in [7, 11) is 0. The number of oxime groups is 1. The van der Waals surface area contributed by atoms with Crippen LogP contribution in [0.5, 0.6) is 0 Å². The summed E-state index contributed by atoms with van der Waals surface area (Å²) in [6.45, 7) is 1.35. The smallest absolute Gasteiger partial charge is 0.280 e. The van der Waals surface area contributed by atoms with Crippen LogP contribution in [0.15, 0.2) is 5.16 Å². The molecule has 1 atom stereocenters. The lowest BCUT2D eigenvalue weighted by Crippen LogP contribution is -2.24. The van der Waals surface area contributed by atoms with Crippen LogP contribution in [0.3, 0.4) is 0 Å². The van der Waals surface area contributed by atoms with Crippen molar-refractivity contribution in [3.05, 3.63) is 0 Å². The summed E-state index contributed by atoms with van der Waals surface area (Å²) >= 11 is 10.6. The van der Waals surface area contributed by atoms with Crippen LogP contribution < -0.4 is 0 Å². The zero-order valence-corrected chi connectivity index (χ0v) is 7.15. The fourth-order valence-corrected chi connectivity index (χ4v) is 0.721. The highest BCUT2D eigenvalue weighted by atomic mass is 35.5. The second-order valence-corrected chi connectivity index (χ2v) is 3.11. The van der Waals surface area contributed by atoms with E-state index in [4.69, 9.17) is 28.4 Å².